The van der Waals surface area contributed by atoms with Gasteiger partial charge in [0.2, 0.25) is 0 Å². The van der Waals surface area contributed by atoms with Crippen molar-refractivity contribution in [1.82, 2.24) is 5.32 Å². The molecule has 0 aliphatic carbocycles. The number of rotatable bonds is 6. The first-order valence-electron chi connectivity index (χ1n) is 6.56. The van der Waals surface area contributed by atoms with E-state index < -0.39 is 6.10 Å². The number of aliphatic hydroxyl groups excluding tert-OH is 1. The first-order chi connectivity index (χ1) is 8.84. The van der Waals surface area contributed by atoms with Crippen LogP contribution in [0, 0.1) is 0 Å². The minimum Gasteiger partial charge on any atom is -0.484 e. The molecule has 0 aliphatic heterocycles. The molecule has 106 valence electrons. The molecule has 19 heavy (non-hydrogen) atoms. The van der Waals surface area contributed by atoms with Gasteiger partial charge in [0.25, 0.3) is 5.91 Å². The second-order valence-electron chi connectivity index (χ2n) is 5.32. The first kappa shape index (κ1) is 15.5. The number of carbonyl (C=O) groups is 1. The summed E-state index contributed by atoms with van der Waals surface area (Å²) in [6, 6.07) is 7.12. The molecule has 4 nitrogen and oxygen atoms in total. The second kappa shape index (κ2) is 6.57. The molecule has 0 spiro atoms. The van der Waals surface area contributed by atoms with E-state index in [1.807, 2.05) is 26.8 Å². The lowest BCUT2D eigenvalue weighted by Gasteiger charge is -2.24. The average Bonchev–Trinajstić information content (AvgIpc) is 2.36. The largest absolute Gasteiger partial charge is 0.484 e. The summed E-state index contributed by atoms with van der Waals surface area (Å²) in [6.45, 7) is 7.63. The molecule has 0 bridgehead atoms. The van der Waals surface area contributed by atoms with Gasteiger partial charge in [0.1, 0.15) is 5.75 Å². The third-order valence-electron chi connectivity index (χ3n) is 3.07. The van der Waals surface area contributed by atoms with Gasteiger partial charge in [-0.15, -0.1) is 0 Å². The molecule has 1 aromatic carbocycles. The highest BCUT2D eigenvalue weighted by Gasteiger charge is 2.17. The Balaban J connectivity index is 2.53. The highest BCUT2D eigenvalue weighted by molar-refractivity contribution is 5.78. The van der Waals surface area contributed by atoms with E-state index >= 15 is 0 Å². The number of aliphatic hydroxyl groups is 1. The van der Waals surface area contributed by atoms with E-state index in [9.17, 15) is 9.90 Å². The lowest BCUT2D eigenvalue weighted by atomic mass is 10.0. The Labute approximate surface area is 114 Å². The van der Waals surface area contributed by atoms with Crippen LogP contribution in [0.25, 0.3) is 0 Å². The van der Waals surface area contributed by atoms with Crippen LogP contribution in [0.1, 0.15) is 45.8 Å². The van der Waals surface area contributed by atoms with Crippen LogP contribution >= 0.6 is 0 Å². The molecular formula is C15H23NO3. The van der Waals surface area contributed by atoms with Crippen molar-refractivity contribution in [3.8, 4) is 5.75 Å². The highest BCUT2D eigenvalue weighted by atomic mass is 16.5. The van der Waals surface area contributed by atoms with E-state index in [0.29, 0.717) is 5.75 Å². The summed E-state index contributed by atoms with van der Waals surface area (Å²) in [5, 5.41) is 12.4. The molecule has 1 amide bonds. The van der Waals surface area contributed by atoms with Crippen LogP contribution in [0.4, 0.5) is 0 Å². The van der Waals surface area contributed by atoms with Crippen LogP contribution in [-0.4, -0.2) is 23.2 Å². The summed E-state index contributed by atoms with van der Waals surface area (Å²) in [7, 11) is 0. The van der Waals surface area contributed by atoms with Gasteiger partial charge in [0.05, 0.1) is 6.10 Å². The third kappa shape index (κ3) is 5.30. The Morgan fingerprint density at radius 1 is 1.47 bits per heavy atom. The number of amides is 1. The number of benzene rings is 1. The maximum absolute atomic E-state index is 11.7. The van der Waals surface area contributed by atoms with E-state index in [2.05, 4.69) is 5.32 Å². The topological polar surface area (TPSA) is 58.6 Å². The minimum atomic E-state index is -0.545. The zero-order valence-corrected chi connectivity index (χ0v) is 12.1. The lowest BCUT2D eigenvalue weighted by molar-refractivity contribution is -0.124. The molecule has 0 aliphatic rings. The Morgan fingerprint density at radius 2 is 2.16 bits per heavy atom. The molecule has 1 aromatic rings. The molecule has 0 saturated heterocycles. The Morgan fingerprint density at radius 3 is 2.74 bits per heavy atom. The van der Waals surface area contributed by atoms with Crippen molar-refractivity contribution >= 4 is 5.91 Å². The van der Waals surface area contributed by atoms with Gasteiger partial charge < -0.3 is 15.2 Å². The van der Waals surface area contributed by atoms with Crippen molar-refractivity contribution in [2.45, 2.75) is 45.8 Å². The highest BCUT2D eigenvalue weighted by Crippen LogP contribution is 2.18. The number of ether oxygens (including phenoxy) is 1. The van der Waals surface area contributed by atoms with Crippen molar-refractivity contribution in [2.75, 3.05) is 6.61 Å². The molecule has 1 atom stereocenters. The fourth-order valence-corrected chi connectivity index (χ4v) is 1.51. The van der Waals surface area contributed by atoms with Gasteiger partial charge in [-0.2, -0.15) is 0 Å². The van der Waals surface area contributed by atoms with Crippen molar-refractivity contribution in [2.24, 2.45) is 0 Å². The van der Waals surface area contributed by atoms with Gasteiger partial charge in [-0.1, -0.05) is 19.1 Å². The normalized spacial score (nSPS) is 12.9. The van der Waals surface area contributed by atoms with Gasteiger partial charge in [-0.3, -0.25) is 4.79 Å². The Hall–Kier alpha value is -1.55. The fourth-order valence-electron chi connectivity index (χ4n) is 1.51. The molecule has 0 fully saturated rings. The molecule has 0 aromatic heterocycles. The third-order valence-corrected chi connectivity index (χ3v) is 3.07. The van der Waals surface area contributed by atoms with Gasteiger partial charge in [0, 0.05) is 5.54 Å². The molecule has 1 rings (SSSR count). The van der Waals surface area contributed by atoms with E-state index in [4.69, 9.17) is 4.74 Å². The zero-order valence-electron chi connectivity index (χ0n) is 12.1. The molecule has 0 saturated carbocycles. The van der Waals surface area contributed by atoms with Crippen LogP contribution in [0.2, 0.25) is 0 Å². The van der Waals surface area contributed by atoms with Crippen LogP contribution in [0.5, 0.6) is 5.75 Å². The lowest BCUT2D eigenvalue weighted by Crippen LogP contribution is -2.44. The molecule has 2 N–H and O–H groups in total. The maximum Gasteiger partial charge on any atom is 0.258 e. The summed E-state index contributed by atoms with van der Waals surface area (Å²) >= 11 is 0. The van der Waals surface area contributed by atoms with Gasteiger partial charge in [-0.25, -0.2) is 0 Å². The summed E-state index contributed by atoms with van der Waals surface area (Å²) in [5.74, 6) is 0.442. The first-order valence-corrected chi connectivity index (χ1v) is 6.56. The molecule has 0 unspecified atom stereocenters. The standard InChI is InChI=1S/C15H23NO3/c1-5-15(3,4)16-14(18)10-19-13-8-6-7-12(9-13)11(2)17/h6-9,11,17H,5,10H2,1-4H3,(H,16,18)/t11-/m0/s1. The smallest absolute Gasteiger partial charge is 0.258 e. The summed E-state index contributed by atoms with van der Waals surface area (Å²) < 4.78 is 5.43. The van der Waals surface area contributed by atoms with Crippen molar-refractivity contribution in [3.63, 3.8) is 0 Å². The van der Waals surface area contributed by atoms with Crippen LogP contribution in [0.15, 0.2) is 24.3 Å². The van der Waals surface area contributed by atoms with Crippen molar-refractivity contribution in [1.29, 1.82) is 0 Å². The fraction of sp³-hybridized carbons (Fsp3) is 0.533. The molecule has 0 heterocycles. The summed E-state index contributed by atoms with van der Waals surface area (Å²) in [4.78, 5) is 11.7. The van der Waals surface area contributed by atoms with E-state index in [0.717, 1.165) is 12.0 Å². The van der Waals surface area contributed by atoms with Crippen LogP contribution < -0.4 is 10.1 Å². The Kier molecular flexibility index (Phi) is 5.36. The number of hydrogen-bond acceptors (Lipinski definition) is 3. The quantitative estimate of drug-likeness (QED) is 0.830. The van der Waals surface area contributed by atoms with Crippen molar-refractivity contribution < 1.29 is 14.6 Å². The Bertz CT molecular complexity index is 427. The second-order valence-corrected chi connectivity index (χ2v) is 5.32. The van der Waals surface area contributed by atoms with E-state index in [-0.39, 0.29) is 18.1 Å². The molecule has 4 heteroatoms. The van der Waals surface area contributed by atoms with E-state index in [1.54, 1.807) is 25.1 Å². The number of nitrogens with one attached hydrogen (secondary N) is 1. The average molecular weight is 265 g/mol. The number of carbonyl (C=O) groups excluding carboxylic acids is 1. The predicted molar refractivity (Wildman–Crippen MR) is 75.1 cm³/mol. The van der Waals surface area contributed by atoms with Gasteiger partial charge >= 0.3 is 0 Å². The van der Waals surface area contributed by atoms with Gasteiger partial charge in [-0.05, 0) is 44.9 Å². The van der Waals surface area contributed by atoms with Crippen LogP contribution in [-0.2, 0) is 4.79 Å². The zero-order chi connectivity index (χ0) is 14.5. The van der Waals surface area contributed by atoms with Crippen LogP contribution in [0.3, 0.4) is 0 Å². The molecular weight excluding hydrogens is 242 g/mol. The molecule has 0 radical (unpaired) electrons. The monoisotopic (exact) mass is 265 g/mol. The summed E-state index contributed by atoms with van der Waals surface area (Å²) in [5.41, 5.74) is 0.550. The number of hydrogen-bond donors (Lipinski definition) is 2. The van der Waals surface area contributed by atoms with Crippen molar-refractivity contribution in [3.05, 3.63) is 29.8 Å². The maximum atomic E-state index is 11.7. The SMILES string of the molecule is CCC(C)(C)NC(=O)COc1cccc([C@H](C)O)c1. The minimum absolute atomic E-state index is 0.0211. The summed E-state index contributed by atoms with van der Waals surface area (Å²) in [6.07, 6.45) is 0.312. The van der Waals surface area contributed by atoms with Gasteiger partial charge in [0.15, 0.2) is 6.61 Å². The predicted octanol–water partition coefficient (Wildman–Crippen LogP) is 2.42. The van der Waals surface area contributed by atoms with E-state index in [1.165, 1.54) is 0 Å².